The van der Waals surface area contributed by atoms with Crippen molar-refractivity contribution in [2.75, 3.05) is 20.8 Å². The largest absolute Gasteiger partial charge is 0.500 e. The zero-order chi connectivity index (χ0) is 13.7. The Bertz CT molecular complexity index is 193. The van der Waals surface area contributed by atoms with Gasteiger partial charge in [0.05, 0.1) is 0 Å². The van der Waals surface area contributed by atoms with Gasteiger partial charge in [-0.05, 0) is 26.2 Å². The van der Waals surface area contributed by atoms with Crippen LogP contribution >= 0.6 is 0 Å². The molecule has 0 N–H and O–H groups in total. The van der Waals surface area contributed by atoms with Gasteiger partial charge in [-0.25, -0.2) is 0 Å². The molecule has 0 spiro atoms. The van der Waals surface area contributed by atoms with Crippen molar-refractivity contribution >= 4 is 8.80 Å². The van der Waals surface area contributed by atoms with Crippen LogP contribution in [0, 0.1) is 0 Å². The van der Waals surface area contributed by atoms with Crippen molar-refractivity contribution < 1.29 is 13.3 Å². The highest BCUT2D eigenvalue weighted by molar-refractivity contribution is 6.60. The third-order valence-corrected chi connectivity index (χ3v) is 6.07. The van der Waals surface area contributed by atoms with Crippen LogP contribution in [0.2, 0.25) is 6.04 Å². The van der Waals surface area contributed by atoms with Crippen LogP contribution in [-0.2, 0) is 13.3 Å². The summed E-state index contributed by atoms with van der Waals surface area (Å²) >= 11 is 0. The highest BCUT2D eigenvalue weighted by Crippen LogP contribution is 2.19. The van der Waals surface area contributed by atoms with Crippen molar-refractivity contribution in [2.45, 2.75) is 57.9 Å². The molecule has 0 heterocycles. The Morgan fingerprint density at radius 2 is 1.50 bits per heavy atom. The first kappa shape index (κ1) is 17.8. The molecule has 0 unspecified atom stereocenters. The van der Waals surface area contributed by atoms with E-state index in [1.54, 1.807) is 14.2 Å². The molecule has 0 fully saturated rings. The third kappa shape index (κ3) is 8.03. The van der Waals surface area contributed by atoms with Gasteiger partial charge < -0.3 is 13.3 Å². The first-order valence-corrected chi connectivity index (χ1v) is 9.03. The molecule has 0 aromatic rings. The molecule has 0 saturated heterocycles. The van der Waals surface area contributed by atoms with Gasteiger partial charge >= 0.3 is 8.80 Å². The summed E-state index contributed by atoms with van der Waals surface area (Å²) in [6, 6.07) is 0.931. The van der Waals surface area contributed by atoms with Gasteiger partial charge in [0.1, 0.15) is 0 Å². The molecule has 0 amide bonds. The quantitative estimate of drug-likeness (QED) is 0.286. The van der Waals surface area contributed by atoms with Gasteiger partial charge in [0.2, 0.25) is 0 Å². The van der Waals surface area contributed by atoms with Crippen LogP contribution < -0.4 is 0 Å². The molecule has 0 aliphatic rings. The number of unbranched alkanes of at least 4 members (excludes halogenated alkanes) is 6. The summed E-state index contributed by atoms with van der Waals surface area (Å²) in [5.41, 5.74) is 0. The van der Waals surface area contributed by atoms with Gasteiger partial charge in [-0.3, -0.25) is 0 Å². The highest BCUT2D eigenvalue weighted by atomic mass is 28.4. The minimum atomic E-state index is -2.34. The smallest absolute Gasteiger partial charge is 0.377 e. The average Bonchev–Trinajstić information content (AvgIpc) is 2.40. The molecule has 3 nitrogen and oxygen atoms in total. The predicted octanol–water partition coefficient (Wildman–Crippen LogP) is 4.17. The van der Waals surface area contributed by atoms with E-state index in [4.69, 9.17) is 13.3 Å². The molecule has 108 valence electrons. The SMILES string of the molecule is C=CCCCCCCCC[Si](OC)(OC)OCC. The van der Waals surface area contributed by atoms with E-state index in [-0.39, 0.29) is 0 Å². The van der Waals surface area contributed by atoms with Gasteiger partial charge in [-0.2, -0.15) is 0 Å². The summed E-state index contributed by atoms with van der Waals surface area (Å²) < 4.78 is 16.6. The lowest BCUT2D eigenvalue weighted by atomic mass is 10.1. The second-order valence-electron chi connectivity index (χ2n) is 4.47. The molecule has 0 radical (unpaired) electrons. The van der Waals surface area contributed by atoms with Crippen LogP contribution in [0.3, 0.4) is 0 Å². The molecule has 0 aliphatic carbocycles. The van der Waals surface area contributed by atoms with Gasteiger partial charge in [-0.1, -0.05) is 31.8 Å². The van der Waals surface area contributed by atoms with E-state index < -0.39 is 8.80 Å². The van der Waals surface area contributed by atoms with Gasteiger partial charge in [0, 0.05) is 26.9 Å². The van der Waals surface area contributed by atoms with E-state index >= 15 is 0 Å². The topological polar surface area (TPSA) is 27.7 Å². The van der Waals surface area contributed by atoms with Gasteiger partial charge in [0.25, 0.3) is 0 Å². The maximum Gasteiger partial charge on any atom is 0.500 e. The maximum absolute atomic E-state index is 5.67. The fraction of sp³-hybridized carbons (Fsp3) is 0.857. The lowest BCUT2D eigenvalue weighted by Gasteiger charge is -2.25. The summed E-state index contributed by atoms with van der Waals surface area (Å²) in [7, 11) is 1.05. The minimum absolute atomic E-state index is 0.662. The van der Waals surface area contributed by atoms with Crippen LogP contribution in [0.4, 0.5) is 0 Å². The molecule has 0 saturated carbocycles. The fourth-order valence-electron chi connectivity index (χ4n) is 2.03. The molecule has 0 atom stereocenters. The van der Waals surface area contributed by atoms with Gasteiger partial charge in [-0.15, -0.1) is 6.58 Å². The Morgan fingerprint density at radius 1 is 0.944 bits per heavy atom. The van der Waals surface area contributed by atoms with Crippen molar-refractivity contribution in [2.24, 2.45) is 0 Å². The summed E-state index contributed by atoms with van der Waals surface area (Å²) in [5, 5.41) is 0. The Hall–Kier alpha value is -0.163. The first-order chi connectivity index (χ1) is 8.74. The van der Waals surface area contributed by atoms with E-state index in [0.29, 0.717) is 6.61 Å². The molecule has 4 heteroatoms. The molecular weight excluding hydrogens is 244 g/mol. The predicted molar refractivity (Wildman–Crippen MR) is 78.7 cm³/mol. The zero-order valence-corrected chi connectivity index (χ0v) is 13.4. The molecule has 18 heavy (non-hydrogen) atoms. The second-order valence-corrected chi connectivity index (χ2v) is 7.44. The minimum Gasteiger partial charge on any atom is -0.377 e. The van der Waals surface area contributed by atoms with Crippen molar-refractivity contribution in [1.82, 2.24) is 0 Å². The summed E-state index contributed by atoms with van der Waals surface area (Å²) in [6.45, 7) is 6.38. The lowest BCUT2D eigenvalue weighted by molar-refractivity contribution is 0.103. The van der Waals surface area contributed by atoms with E-state index in [2.05, 4.69) is 6.58 Å². The average molecular weight is 274 g/mol. The molecule has 0 aromatic carbocycles. The number of hydrogen-bond donors (Lipinski definition) is 0. The van der Waals surface area contributed by atoms with Gasteiger partial charge in [0.15, 0.2) is 0 Å². The molecular formula is C14H30O3Si. The van der Waals surface area contributed by atoms with Crippen molar-refractivity contribution in [3.05, 3.63) is 12.7 Å². The Labute approximate surface area is 114 Å². The number of hydrogen-bond acceptors (Lipinski definition) is 3. The fourth-order valence-corrected chi connectivity index (χ4v) is 4.11. The first-order valence-electron chi connectivity index (χ1n) is 7.09. The van der Waals surface area contributed by atoms with Crippen molar-refractivity contribution in [1.29, 1.82) is 0 Å². The second kappa shape index (κ2) is 11.9. The maximum atomic E-state index is 5.67. The Morgan fingerprint density at radius 3 is 2.00 bits per heavy atom. The standard InChI is InChI=1S/C14H30O3Si/c1-5-7-8-9-10-11-12-13-14-18(15-3,16-4)17-6-2/h5H,1,6-14H2,2-4H3. The number of rotatable bonds is 13. The highest BCUT2D eigenvalue weighted by Gasteiger charge is 2.37. The van der Waals surface area contributed by atoms with Crippen LogP contribution in [0.1, 0.15) is 51.9 Å². The zero-order valence-electron chi connectivity index (χ0n) is 12.4. The molecule has 0 bridgehead atoms. The summed E-state index contributed by atoms with van der Waals surface area (Å²) in [4.78, 5) is 0. The van der Waals surface area contributed by atoms with Crippen LogP contribution in [0.5, 0.6) is 0 Å². The number of allylic oxidation sites excluding steroid dienone is 1. The third-order valence-electron chi connectivity index (χ3n) is 3.13. The normalized spacial score (nSPS) is 11.7. The monoisotopic (exact) mass is 274 g/mol. The van der Waals surface area contributed by atoms with Crippen LogP contribution in [-0.4, -0.2) is 29.6 Å². The van der Waals surface area contributed by atoms with Crippen molar-refractivity contribution in [3.63, 3.8) is 0 Å². The lowest BCUT2D eigenvalue weighted by Crippen LogP contribution is -2.43. The van der Waals surface area contributed by atoms with E-state index in [0.717, 1.165) is 18.9 Å². The molecule has 0 rings (SSSR count). The van der Waals surface area contributed by atoms with E-state index in [9.17, 15) is 0 Å². The Kier molecular flexibility index (Phi) is 11.8. The van der Waals surface area contributed by atoms with Crippen LogP contribution in [0.25, 0.3) is 0 Å². The van der Waals surface area contributed by atoms with E-state index in [1.807, 2.05) is 13.0 Å². The molecule has 0 aromatic heterocycles. The summed E-state index contributed by atoms with van der Waals surface area (Å²) in [5.74, 6) is 0. The van der Waals surface area contributed by atoms with E-state index in [1.165, 1.54) is 32.1 Å². The summed E-state index contributed by atoms with van der Waals surface area (Å²) in [6.07, 6.45) is 10.7. The Balaban J connectivity index is 3.58. The van der Waals surface area contributed by atoms with Crippen LogP contribution in [0.15, 0.2) is 12.7 Å². The molecule has 0 aliphatic heterocycles. The van der Waals surface area contributed by atoms with Crippen molar-refractivity contribution in [3.8, 4) is 0 Å².